The van der Waals surface area contributed by atoms with Gasteiger partial charge in [-0.15, -0.1) is 11.6 Å². The number of nitrogens with zero attached hydrogens (tertiary/aromatic N) is 3. The van der Waals surface area contributed by atoms with Gasteiger partial charge in [-0.3, -0.25) is 0 Å². The van der Waals surface area contributed by atoms with Crippen molar-refractivity contribution >= 4 is 11.6 Å². The number of aromatic nitrogens is 2. The minimum atomic E-state index is 0.402. The molecule has 0 spiro atoms. The van der Waals surface area contributed by atoms with Gasteiger partial charge in [0, 0.05) is 12.7 Å². The van der Waals surface area contributed by atoms with E-state index in [4.69, 9.17) is 21.6 Å². The van der Waals surface area contributed by atoms with Crippen molar-refractivity contribution in [3.8, 4) is 11.8 Å². The average molecular weight is 262 g/mol. The Labute approximate surface area is 110 Å². The first-order chi connectivity index (χ1) is 8.76. The lowest BCUT2D eigenvalue weighted by molar-refractivity contribution is 0.413. The van der Waals surface area contributed by atoms with Gasteiger partial charge >= 0.3 is 0 Å². The van der Waals surface area contributed by atoms with E-state index in [1.807, 2.05) is 22.9 Å². The third-order valence-corrected chi connectivity index (χ3v) is 2.85. The molecule has 1 aromatic heterocycles. The van der Waals surface area contributed by atoms with E-state index in [1.165, 1.54) is 0 Å². The Hall–Kier alpha value is -1.99. The van der Waals surface area contributed by atoms with E-state index in [9.17, 15) is 0 Å². The molecule has 0 bridgehead atoms. The van der Waals surface area contributed by atoms with Gasteiger partial charge in [0.2, 0.25) is 0 Å². The van der Waals surface area contributed by atoms with Gasteiger partial charge in [0.1, 0.15) is 11.8 Å². The molecule has 0 fully saturated rings. The number of hydrogen-bond acceptors (Lipinski definition) is 3. The molecule has 2 rings (SSSR count). The molecule has 0 unspecified atom stereocenters. The number of ether oxygens (including phenoxy) is 1. The van der Waals surface area contributed by atoms with Crippen molar-refractivity contribution in [3.05, 3.63) is 47.5 Å². The summed E-state index contributed by atoms with van der Waals surface area (Å²) < 4.78 is 7.04. The molecule has 0 aliphatic rings. The Bertz CT molecular complexity index is 586. The number of methoxy groups -OCH3 is 1. The molecule has 5 heteroatoms. The van der Waals surface area contributed by atoms with Gasteiger partial charge in [0.25, 0.3) is 0 Å². The third kappa shape index (κ3) is 2.63. The van der Waals surface area contributed by atoms with E-state index in [-0.39, 0.29) is 0 Å². The van der Waals surface area contributed by atoms with Crippen molar-refractivity contribution in [2.75, 3.05) is 7.11 Å². The number of rotatable bonds is 4. The molecule has 1 heterocycles. The van der Waals surface area contributed by atoms with E-state index >= 15 is 0 Å². The summed E-state index contributed by atoms with van der Waals surface area (Å²) >= 11 is 5.70. The fourth-order valence-electron chi connectivity index (χ4n) is 1.71. The number of nitriles is 1. The molecule has 92 valence electrons. The standard InChI is InChI=1S/C13H12ClN3O/c1-18-13-3-2-10(4-11(13)6-15)7-17-8-12(5-14)16-9-17/h2-4,8-9H,5,7H2,1H3. The highest BCUT2D eigenvalue weighted by molar-refractivity contribution is 6.16. The second-order valence-electron chi connectivity index (χ2n) is 3.82. The van der Waals surface area contributed by atoms with Crippen LogP contribution in [0.25, 0.3) is 0 Å². The molecule has 18 heavy (non-hydrogen) atoms. The van der Waals surface area contributed by atoms with Crippen molar-refractivity contribution < 1.29 is 4.74 Å². The Kier molecular flexibility index (Phi) is 3.85. The van der Waals surface area contributed by atoms with Crippen molar-refractivity contribution in [2.24, 2.45) is 0 Å². The van der Waals surface area contributed by atoms with Crippen LogP contribution >= 0.6 is 11.6 Å². The fraction of sp³-hybridized carbons (Fsp3) is 0.231. The largest absolute Gasteiger partial charge is 0.495 e. The van der Waals surface area contributed by atoms with Crippen LogP contribution in [0, 0.1) is 11.3 Å². The van der Waals surface area contributed by atoms with Gasteiger partial charge in [-0.05, 0) is 17.7 Å². The highest BCUT2D eigenvalue weighted by atomic mass is 35.5. The minimum absolute atomic E-state index is 0.402. The molecule has 2 aromatic rings. The number of imidazole rings is 1. The quantitative estimate of drug-likeness (QED) is 0.795. The first-order valence-corrected chi connectivity index (χ1v) is 5.94. The first kappa shape index (κ1) is 12.5. The molecule has 0 radical (unpaired) electrons. The van der Waals surface area contributed by atoms with Crippen LogP contribution in [0.3, 0.4) is 0 Å². The van der Waals surface area contributed by atoms with Crippen molar-refractivity contribution in [2.45, 2.75) is 12.4 Å². The predicted octanol–water partition coefficient (Wildman–Crippen LogP) is 2.55. The lowest BCUT2D eigenvalue weighted by Gasteiger charge is -2.06. The van der Waals surface area contributed by atoms with Crippen molar-refractivity contribution in [1.29, 1.82) is 5.26 Å². The zero-order chi connectivity index (χ0) is 13.0. The maximum atomic E-state index is 9.02. The van der Waals surface area contributed by atoms with E-state index in [0.717, 1.165) is 11.3 Å². The number of halogens is 1. The van der Waals surface area contributed by atoms with Crippen LogP contribution < -0.4 is 4.74 Å². The Morgan fingerprint density at radius 2 is 2.33 bits per heavy atom. The molecule has 4 nitrogen and oxygen atoms in total. The zero-order valence-corrected chi connectivity index (χ0v) is 10.7. The van der Waals surface area contributed by atoms with E-state index in [0.29, 0.717) is 23.7 Å². The van der Waals surface area contributed by atoms with Crippen LogP contribution in [0.4, 0.5) is 0 Å². The molecular weight excluding hydrogens is 250 g/mol. The van der Waals surface area contributed by atoms with Gasteiger partial charge in [-0.25, -0.2) is 4.98 Å². The summed E-state index contributed by atoms with van der Waals surface area (Å²) in [4.78, 5) is 4.15. The second kappa shape index (κ2) is 5.56. The van der Waals surface area contributed by atoms with E-state index < -0.39 is 0 Å². The van der Waals surface area contributed by atoms with Gasteiger partial charge in [-0.2, -0.15) is 5.26 Å². The average Bonchev–Trinajstić information content (AvgIpc) is 2.86. The predicted molar refractivity (Wildman–Crippen MR) is 68.6 cm³/mol. The zero-order valence-electron chi connectivity index (χ0n) is 9.93. The summed E-state index contributed by atoms with van der Waals surface area (Å²) in [6, 6.07) is 7.67. The first-order valence-electron chi connectivity index (χ1n) is 5.40. The Morgan fingerprint density at radius 1 is 1.50 bits per heavy atom. The highest BCUT2D eigenvalue weighted by Gasteiger charge is 2.04. The van der Waals surface area contributed by atoms with Gasteiger partial charge in [0.15, 0.2) is 0 Å². The molecule has 0 amide bonds. The van der Waals surface area contributed by atoms with Gasteiger partial charge in [0.05, 0.1) is 30.6 Å². The summed E-state index contributed by atoms with van der Waals surface area (Å²) in [7, 11) is 1.55. The smallest absolute Gasteiger partial charge is 0.136 e. The number of benzene rings is 1. The number of alkyl halides is 1. The summed E-state index contributed by atoms with van der Waals surface area (Å²) in [6.45, 7) is 0.655. The van der Waals surface area contributed by atoms with Crippen LogP contribution in [-0.4, -0.2) is 16.7 Å². The topological polar surface area (TPSA) is 50.8 Å². The van der Waals surface area contributed by atoms with Crippen molar-refractivity contribution in [1.82, 2.24) is 9.55 Å². The lowest BCUT2D eigenvalue weighted by atomic mass is 10.1. The lowest BCUT2D eigenvalue weighted by Crippen LogP contribution is -1.98. The fourth-order valence-corrected chi connectivity index (χ4v) is 1.85. The summed E-state index contributed by atoms with van der Waals surface area (Å²) in [5.74, 6) is 0.993. The van der Waals surface area contributed by atoms with E-state index in [1.54, 1.807) is 19.5 Å². The molecule has 0 N–H and O–H groups in total. The normalized spacial score (nSPS) is 10.1. The van der Waals surface area contributed by atoms with Crippen LogP contribution in [-0.2, 0) is 12.4 Å². The van der Waals surface area contributed by atoms with Gasteiger partial charge < -0.3 is 9.30 Å². The molecule has 0 saturated heterocycles. The Balaban J connectivity index is 2.22. The van der Waals surface area contributed by atoms with Gasteiger partial charge in [-0.1, -0.05) is 6.07 Å². The van der Waals surface area contributed by atoms with E-state index in [2.05, 4.69) is 11.1 Å². The van der Waals surface area contributed by atoms with Crippen LogP contribution in [0.15, 0.2) is 30.7 Å². The summed E-state index contributed by atoms with van der Waals surface area (Å²) in [5.41, 5.74) is 2.39. The summed E-state index contributed by atoms with van der Waals surface area (Å²) in [6.07, 6.45) is 3.62. The molecule has 1 aromatic carbocycles. The van der Waals surface area contributed by atoms with Crippen LogP contribution in [0.5, 0.6) is 5.75 Å². The maximum Gasteiger partial charge on any atom is 0.136 e. The highest BCUT2D eigenvalue weighted by Crippen LogP contribution is 2.19. The molecule has 0 saturated carbocycles. The summed E-state index contributed by atoms with van der Waals surface area (Å²) in [5, 5.41) is 9.02. The Morgan fingerprint density at radius 3 is 2.94 bits per heavy atom. The monoisotopic (exact) mass is 261 g/mol. The second-order valence-corrected chi connectivity index (χ2v) is 4.08. The van der Waals surface area contributed by atoms with Crippen molar-refractivity contribution in [3.63, 3.8) is 0 Å². The maximum absolute atomic E-state index is 9.02. The van der Waals surface area contributed by atoms with Crippen LogP contribution in [0.1, 0.15) is 16.8 Å². The molecule has 0 atom stereocenters. The molecular formula is C13H12ClN3O. The SMILES string of the molecule is COc1ccc(Cn2cnc(CCl)c2)cc1C#N. The molecule has 0 aliphatic carbocycles. The third-order valence-electron chi connectivity index (χ3n) is 2.57. The van der Waals surface area contributed by atoms with Crippen LogP contribution in [0.2, 0.25) is 0 Å². The number of hydrogen-bond donors (Lipinski definition) is 0. The minimum Gasteiger partial charge on any atom is -0.495 e. The molecule has 0 aliphatic heterocycles.